The SMILES string of the molecule is Cc1nc2c(c(-c3ccc(Cl)cc3)cn2-c2ccc(S(N)(=O)=O)cc2)c(=O)[nH]1. The predicted octanol–water partition coefficient (Wildman–Crippen LogP) is 2.99. The van der Waals surface area contributed by atoms with Crippen LogP contribution in [0, 0.1) is 6.92 Å². The lowest BCUT2D eigenvalue weighted by Crippen LogP contribution is -2.12. The van der Waals surface area contributed by atoms with Gasteiger partial charge in [-0.05, 0) is 48.9 Å². The lowest BCUT2D eigenvalue weighted by molar-refractivity contribution is 0.598. The average Bonchev–Trinajstić information content (AvgIpc) is 3.01. The van der Waals surface area contributed by atoms with Gasteiger partial charge >= 0.3 is 0 Å². The van der Waals surface area contributed by atoms with Crippen LogP contribution in [0.5, 0.6) is 0 Å². The highest BCUT2D eigenvalue weighted by molar-refractivity contribution is 7.89. The zero-order valence-corrected chi connectivity index (χ0v) is 16.3. The molecule has 0 aliphatic heterocycles. The molecule has 0 fully saturated rings. The first kappa shape index (κ1) is 18.4. The van der Waals surface area contributed by atoms with Crippen molar-refractivity contribution in [3.63, 3.8) is 0 Å². The number of nitrogens with one attached hydrogen (secondary N) is 1. The summed E-state index contributed by atoms with van der Waals surface area (Å²) < 4.78 is 24.7. The van der Waals surface area contributed by atoms with Gasteiger partial charge in [0.15, 0.2) is 5.65 Å². The van der Waals surface area contributed by atoms with E-state index in [0.717, 1.165) is 5.56 Å². The second-order valence-corrected chi connectivity index (χ2v) is 8.31. The monoisotopic (exact) mass is 414 g/mol. The summed E-state index contributed by atoms with van der Waals surface area (Å²) in [6, 6.07) is 13.2. The van der Waals surface area contributed by atoms with E-state index in [4.69, 9.17) is 16.7 Å². The number of hydrogen-bond donors (Lipinski definition) is 2. The maximum atomic E-state index is 12.7. The Morgan fingerprint density at radius 3 is 2.32 bits per heavy atom. The molecule has 2 heterocycles. The number of nitrogens with two attached hydrogens (primary N) is 1. The molecule has 0 spiro atoms. The smallest absolute Gasteiger partial charge is 0.261 e. The van der Waals surface area contributed by atoms with Gasteiger partial charge in [0.2, 0.25) is 10.0 Å². The number of nitrogens with zero attached hydrogens (tertiary/aromatic N) is 2. The second-order valence-electron chi connectivity index (χ2n) is 6.31. The summed E-state index contributed by atoms with van der Waals surface area (Å²) in [5.74, 6) is 0.473. The number of aromatic nitrogens is 3. The van der Waals surface area contributed by atoms with E-state index in [1.54, 1.807) is 42.0 Å². The molecule has 2 aromatic heterocycles. The van der Waals surface area contributed by atoms with Crippen LogP contribution in [0.4, 0.5) is 0 Å². The first-order valence-corrected chi connectivity index (χ1v) is 10.2. The Bertz CT molecular complexity index is 1360. The minimum atomic E-state index is -3.79. The minimum Gasteiger partial charge on any atom is -0.310 e. The number of fused-ring (bicyclic) bond motifs is 1. The highest BCUT2D eigenvalue weighted by Crippen LogP contribution is 2.30. The normalized spacial score (nSPS) is 11.8. The molecule has 0 unspecified atom stereocenters. The number of H-pyrrole nitrogens is 1. The van der Waals surface area contributed by atoms with Crippen molar-refractivity contribution >= 4 is 32.7 Å². The minimum absolute atomic E-state index is 0.00706. The Labute approximate surface area is 165 Å². The number of hydrogen-bond acceptors (Lipinski definition) is 4. The summed E-state index contributed by atoms with van der Waals surface area (Å²) in [4.78, 5) is 19.9. The zero-order chi connectivity index (χ0) is 20.1. The third-order valence-corrected chi connectivity index (χ3v) is 5.55. The van der Waals surface area contributed by atoms with E-state index in [2.05, 4.69) is 9.97 Å². The molecule has 4 rings (SSSR count). The first-order valence-electron chi connectivity index (χ1n) is 8.25. The Morgan fingerprint density at radius 2 is 1.71 bits per heavy atom. The fraction of sp³-hybridized carbons (Fsp3) is 0.0526. The fourth-order valence-corrected chi connectivity index (χ4v) is 3.73. The van der Waals surface area contributed by atoms with E-state index in [0.29, 0.717) is 33.1 Å². The lowest BCUT2D eigenvalue weighted by Gasteiger charge is -2.06. The summed E-state index contributed by atoms with van der Waals surface area (Å²) >= 11 is 5.98. The molecule has 28 heavy (non-hydrogen) atoms. The van der Waals surface area contributed by atoms with Gasteiger partial charge < -0.3 is 9.55 Å². The van der Waals surface area contributed by atoms with E-state index in [1.165, 1.54) is 12.1 Å². The molecule has 9 heteroatoms. The number of aryl methyl sites for hydroxylation is 1. The molecular formula is C19H15ClN4O3S. The molecule has 0 radical (unpaired) electrons. The molecule has 142 valence electrons. The Morgan fingerprint density at radius 1 is 1.07 bits per heavy atom. The third kappa shape index (κ3) is 3.22. The summed E-state index contributed by atoms with van der Waals surface area (Å²) in [7, 11) is -3.79. The second kappa shape index (κ2) is 6.59. The molecule has 0 atom stereocenters. The fourth-order valence-electron chi connectivity index (χ4n) is 3.08. The number of aromatic amines is 1. The van der Waals surface area contributed by atoms with Crippen molar-refractivity contribution in [2.45, 2.75) is 11.8 Å². The molecule has 4 aromatic rings. The summed E-state index contributed by atoms with van der Waals surface area (Å²) in [5.41, 5.74) is 2.36. The van der Waals surface area contributed by atoms with Crippen LogP contribution >= 0.6 is 11.6 Å². The van der Waals surface area contributed by atoms with E-state index in [9.17, 15) is 13.2 Å². The topological polar surface area (TPSA) is 111 Å². The van der Waals surface area contributed by atoms with Gasteiger partial charge in [-0.15, -0.1) is 0 Å². The number of benzene rings is 2. The average molecular weight is 415 g/mol. The van der Waals surface area contributed by atoms with Crippen molar-refractivity contribution in [3.05, 3.63) is 75.9 Å². The van der Waals surface area contributed by atoms with E-state index in [-0.39, 0.29) is 10.5 Å². The largest absolute Gasteiger partial charge is 0.310 e. The molecule has 0 amide bonds. The zero-order valence-electron chi connectivity index (χ0n) is 14.7. The Hall–Kier alpha value is -2.94. The summed E-state index contributed by atoms with van der Waals surface area (Å²) in [6.07, 6.45) is 1.79. The number of primary sulfonamides is 1. The summed E-state index contributed by atoms with van der Waals surface area (Å²) in [6.45, 7) is 1.70. The van der Waals surface area contributed by atoms with Gasteiger partial charge in [0.05, 0.1) is 10.3 Å². The highest BCUT2D eigenvalue weighted by Gasteiger charge is 2.17. The van der Waals surface area contributed by atoms with Gasteiger partial charge in [-0.1, -0.05) is 23.7 Å². The molecular weight excluding hydrogens is 400 g/mol. The van der Waals surface area contributed by atoms with Crippen molar-refractivity contribution < 1.29 is 8.42 Å². The lowest BCUT2D eigenvalue weighted by atomic mass is 10.1. The standard InChI is InChI=1S/C19H15ClN4O3S/c1-11-22-18-17(19(25)23-11)16(12-2-4-13(20)5-3-12)10-24(18)14-6-8-15(9-7-14)28(21,26)27/h2-10H,1H3,(H2,21,26,27)(H,22,23,25). The van der Waals surface area contributed by atoms with Crippen molar-refractivity contribution in [3.8, 4) is 16.8 Å². The van der Waals surface area contributed by atoms with Crippen molar-refractivity contribution in [1.82, 2.24) is 14.5 Å². The number of rotatable bonds is 3. The maximum Gasteiger partial charge on any atom is 0.261 e. The third-order valence-electron chi connectivity index (χ3n) is 4.37. The molecule has 0 saturated carbocycles. The maximum absolute atomic E-state index is 12.7. The van der Waals surface area contributed by atoms with Crippen molar-refractivity contribution in [1.29, 1.82) is 0 Å². The molecule has 0 bridgehead atoms. The predicted molar refractivity (Wildman–Crippen MR) is 108 cm³/mol. The van der Waals surface area contributed by atoms with Crippen LogP contribution in [0.1, 0.15) is 5.82 Å². The van der Waals surface area contributed by atoms with Crippen molar-refractivity contribution in [2.75, 3.05) is 0 Å². The molecule has 3 N–H and O–H groups in total. The number of sulfonamides is 1. The first-order chi connectivity index (χ1) is 13.2. The number of halogens is 1. The Kier molecular flexibility index (Phi) is 4.34. The molecule has 2 aromatic carbocycles. The molecule has 0 aliphatic rings. The molecule has 7 nitrogen and oxygen atoms in total. The quantitative estimate of drug-likeness (QED) is 0.536. The van der Waals surface area contributed by atoms with Crippen LogP contribution in [0.3, 0.4) is 0 Å². The van der Waals surface area contributed by atoms with E-state index in [1.807, 2.05) is 12.1 Å². The van der Waals surface area contributed by atoms with Crippen LogP contribution in [0.15, 0.2) is 64.4 Å². The molecule has 0 aliphatic carbocycles. The van der Waals surface area contributed by atoms with E-state index >= 15 is 0 Å². The van der Waals surface area contributed by atoms with Crippen LogP contribution < -0.4 is 10.7 Å². The van der Waals surface area contributed by atoms with E-state index < -0.39 is 10.0 Å². The van der Waals surface area contributed by atoms with Gasteiger partial charge in [-0.3, -0.25) is 4.79 Å². The summed E-state index contributed by atoms with van der Waals surface area (Å²) in [5, 5.41) is 6.19. The van der Waals surface area contributed by atoms with Gasteiger partial charge in [0.25, 0.3) is 5.56 Å². The van der Waals surface area contributed by atoms with Crippen LogP contribution in [0.2, 0.25) is 5.02 Å². The van der Waals surface area contributed by atoms with Crippen LogP contribution in [0.25, 0.3) is 27.8 Å². The van der Waals surface area contributed by atoms with Gasteiger partial charge in [-0.25, -0.2) is 18.5 Å². The van der Waals surface area contributed by atoms with Gasteiger partial charge in [0.1, 0.15) is 5.82 Å². The van der Waals surface area contributed by atoms with Gasteiger partial charge in [0, 0.05) is 22.5 Å². The van der Waals surface area contributed by atoms with Gasteiger partial charge in [-0.2, -0.15) is 0 Å². The van der Waals surface area contributed by atoms with Crippen LogP contribution in [-0.2, 0) is 10.0 Å². The van der Waals surface area contributed by atoms with Crippen LogP contribution in [-0.4, -0.2) is 23.0 Å². The van der Waals surface area contributed by atoms with Crippen molar-refractivity contribution in [2.24, 2.45) is 5.14 Å². The molecule has 0 saturated heterocycles. The Balaban J connectivity index is 1.99. The highest BCUT2D eigenvalue weighted by atomic mass is 35.5.